The maximum Gasteiger partial charge on any atom is 0.331 e. The standard InChI is InChI=1S/C12H9F5O2/c1-5(2)3-7(18)19-4-6-8(13)10(15)12(17)11(16)9(6)14/h3H,4H2,1-2H3. The molecule has 0 bridgehead atoms. The van der Waals surface area contributed by atoms with E-state index in [1.165, 1.54) is 0 Å². The van der Waals surface area contributed by atoms with E-state index in [9.17, 15) is 26.7 Å². The van der Waals surface area contributed by atoms with Crippen molar-refractivity contribution in [1.29, 1.82) is 0 Å². The van der Waals surface area contributed by atoms with Gasteiger partial charge in [0, 0.05) is 6.08 Å². The molecule has 0 spiro atoms. The van der Waals surface area contributed by atoms with Crippen LogP contribution in [0, 0.1) is 29.1 Å². The van der Waals surface area contributed by atoms with Gasteiger partial charge in [0.2, 0.25) is 5.82 Å². The first kappa shape index (κ1) is 15.1. The first-order chi connectivity index (χ1) is 8.75. The zero-order chi connectivity index (χ0) is 14.7. The average Bonchev–Trinajstić information content (AvgIpc) is 2.33. The highest BCUT2D eigenvalue weighted by Crippen LogP contribution is 2.23. The van der Waals surface area contributed by atoms with Gasteiger partial charge in [-0.05, 0) is 13.8 Å². The zero-order valence-corrected chi connectivity index (χ0v) is 9.99. The number of hydrogen-bond acceptors (Lipinski definition) is 2. The van der Waals surface area contributed by atoms with E-state index in [1.54, 1.807) is 13.8 Å². The fourth-order valence-corrected chi connectivity index (χ4v) is 1.20. The smallest absolute Gasteiger partial charge is 0.331 e. The molecule has 1 aromatic rings. The van der Waals surface area contributed by atoms with E-state index in [0.29, 0.717) is 5.57 Å². The largest absolute Gasteiger partial charge is 0.457 e. The van der Waals surface area contributed by atoms with E-state index in [4.69, 9.17) is 0 Å². The molecule has 7 heteroatoms. The Morgan fingerprint density at radius 1 is 0.947 bits per heavy atom. The molecule has 1 aromatic carbocycles. The van der Waals surface area contributed by atoms with Crippen LogP contribution in [0.5, 0.6) is 0 Å². The number of carbonyl (C=O) groups excluding carboxylic acids is 1. The third kappa shape index (κ3) is 3.30. The molecule has 0 saturated heterocycles. The van der Waals surface area contributed by atoms with Crippen molar-refractivity contribution in [3.63, 3.8) is 0 Å². The van der Waals surface area contributed by atoms with Gasteiger partial charge in [-0.25, -0.2) is 26.7 Å². The van der Waals surface area contributed by atoms with Crippen LogP contribution in [0.1, 0.15) is 19.4 Å². The molecule has 0 aliphatic heterocycles. The Morgan fingerprint density at radius 2 is 1.37 bits per heavy atom. The molecule has 0 N–H and O–H groups in total. The van der Waals surface area contributed by atoms with Crippen molar-refractivity contribution in [2.75, 3.05) is 0 Å². The minimum absolute atomic E-state index is 0.558. The van der Waals surface area contributed by atoms with Crippen molar-refractivity contribution in [2.45, 2.75) is 20.5 Å². The summed E-state index contributed by atoms with van der Waals surface area (Å²) in [4.78, 5) is 11.1. The molecule has 0 heterocycles. The summed E-state index contributed by atoms with van der Waals surface area (Å²) in [5, 5.41) is 0. The Bertz CT molecular complexity index is 519. The lowest BCUT2D eigenvalue weighted by molar-refractivity contribution is -0.139. The van der Waals surface area contributed by atoms with Gasteiger partial charge in [0.25, 0.3) is 0 Å². The lowest BCUT2D eigenvalue weighted by atomic mass is 10.2. The van der Waals surface area contributed by atoms with Crippen molar-refractivity contribution in [3.8, 4) is 0 Å². The summed E-state index contributed by atoms with van der Waals surface area (Å²) >= 11 is 0. The fourth-order valence-electron chi connectivity index (χ4n) is 1.20. The van der Waals surface area contributed by atoms with Crippen molar-refractivity contribution in [3.05, 3.63) is 46.3 Å². The van der Waals surface area contributed by atoms with Crippen LogP contribution in [-0.2, 0) is 16.1 Å². The molecule has 2 nitrogen and oxygen atoms in total. The second-order valence-corrected chi connectivity index (χ2v) is 3.88. The lowest BCUT2D eigenvalue weighted by Gasteiger charge is -2.08. The average molecular weight is 280 g/mol. The van der Waals surface area contributed by atoms with E-state index in [2.05, 4.69) is 4.74 Å². The van der Waals surface area contributed by atoms with Gasteiger partial charge in [0.1, 0.15) is 6.61 Å². The minimum atomic E-state index is -2.26. The van der Waals surface area contributed by atoms with Crippen LogP contribution in [0.3, 0.4) is 0 Å². The van der Waals surface area contributed by atoms with E-state index < -0.39 is 47.2 Å². The van der Waals surface area contributed by atoms with E-state index >= 15 is 0 Å². The third-order valence-corrected chi connectivity index (χ3v) is 2.07. The lowest BCUT2D eigenvalue weighted by Crippen LogP contribution is -2.10. The highest BCUT2D eigenvalue weighted by atomic mass is 19.2. The van der Waals surface area contributed by atoms with Crippen LogP contribution < -0.4 is 0 Å². The fraction of sp³-hybridized carbons (Fsp3) is 0.250. The number of allylic oxidation sites excluding steroid dienone is 1. The number of ether oxygens (including phenoxy) is 1. The minimum Gasteiger partial charge on any atom is -0.457 e. The zero-order valence-electron chi connectivity index (χ0n) is 9.99. The van der Waals surface area contributed by atoms with E-state index in [-0.39, 0.29) is 0 Å². The molecule has 0 atom stereocenters. The SMILES string of the molecule is CC(C)=CC(=O)OCc1c(F)c(F)c(F)c(F)c1F. The molecule has 1 rings (SSSR count). The highest BCUT2D eigenvalue weighted by Gasteiger charge is 2.26. The van der Waals surface area contributed by atoms with Gasteiger partial charge in [-0.1, -0.05) is 5.57 Å². The maximum absolute atomic E-state index is 13.2. The number of benzene rings is 1. The molecule has 0 saturated carbocycles. The molecule has 19 heavy (non-hydrogen) atoms. The number of carbonyl (C=O) groups is 1. The summed E-state index contributed by atoms with van der Waals surface area (Å²) in [6.07, 6.45) is 1.02. The Morgan fingerprint density at radius 3 is 1.79 bits per heavy atom. The van der Waals surface area contributed by atoms with Crippen molar-refractivity contribution >= 4 is 5.97 Å². The first-order valence-corrected chi connectivity index (χ1v) is 5.07. The Hall–Kier alpha value is -1.92. The molecule has 0 amide bonds. The summed E-state index contributed by atoms with van der Waals surface area (Å²) in [7, 11) is 0. The molecular formula is C12H9F5O2. The monoisotopic (exact) mass is 280 g/mol. The molecule has 0 fully saturated rings. The summed E-state index contributed by atoms with van der Waals surface area (Å²) in [6.45, 7) is 2.09. The molecule has 0 unspecified atom stereocenters. The van der Waals surface area contributed by atoms with Crippen LogP contribution in [0.15, 0.2) is 11.6 Å². The maximum atomic E-state index is 13.2. The van der Waals surface area contributed by atoms with E-state index in [0.717, 1.165) is 6.08 Å². The Labute approximate surface area is 105 Å². The molecule has 104 valence electrons. The first-order valence-electron chi connectivity index (χ1n) is 5.07. The normalized spacial score (nSPS) is 10.3. The van der Waals surface area contributed by atoms with Crippen molar-refractivity contribution < 1.29 is 31.5 Å². The summed E-state index contributed by atoms with van der Waals surface area (Å²) < 4.78 is 69.1. The number of rotatable bonds is 3. The number of halogens is 5. The van der Waals surface area contributed by atoms with Gasteiger partial charge in [0.15, 0.2) is 23.3 Å². The molecular weight excluding hydrogens is 271 g/mol. The molecule has 0 aromatic heterocycles. The van der Waals surface area contributed by atoms with Gasteiger partial charge in [-0.15, -0.1) is 0 Å². The van der Waals surface area contributed by atoms with Gasteiger partial charge in [0.05, 0.1) is 5.56 Å². The highest BCUT2D eigenvalue weighted by molar-refractivity contribution is 5.82. The number of hydrogen-bond donors (Lipinski definition) is 0. The molecule has 0 aliphatic rings. The van der Waals surface area contributed by atoms with Gasteiger partial charge in [-0.3, -0.25) is 0 Å². The molecule has 0 aliphatic carbocycles. The van der Waals surface area contributed by atoms with Crippen LogP contribution in [-0.4, -0.2) is 5.97 Å². The van der Waals surface area contributed by atoms with Crippen LogP contribution in [0.4, 0.5) is 22.0 Å². The van der Waals surface area contributed by atoms with Crippen molar-refractivity contribution in [2.24, 2.45) is 0 Å². The number of esters is 1. The molecule has 0 radical (unpaired) electrons. The summed E-state index contributed by atoms with van der Waals surface area (Å²) in [6, 6.07) is 0. The predicted octanol–water partition coefficient (Wildman–Crippen LogP) is 3.39. The summed E-state index contributed by atoms with van der Waals surface area (Å²) in [5.41, 5.74) is -0.630. The van der Waals surface area contributed by atoms with Gasteiger partial charge >= 0.3 is 5.97 Å². The van der Waals surface area contributed by atoms with Crippen LogP contribution in [0.2, 0.25) is 0 Å². The third-order valence-electron chi connectivity index (χ3n) is 2.07. The topological polar surface area (TPSA) is 26.3 Å². The van der Waals surface area contributed by atoms with E-state index in [1.807, 2.05) is 0 Å². The van der Waals surface area contributed by atoms with Crippen LogP contribution >= 0.6 is 0 Å². The second-order valence-electron chi connectivity index (χ2n) is 3.88. The van der Waals surface area contributed by atoms with Gasteiger partial charge in [-0.2, -0.15) is 0 Å². The van der Waals surface area contributed by atoms with Crippen LogP contribution in [0.25, 0.3) is 0 Å². The Balaban J connectivity index is 3.03. The summed E-state index contributed by atoms with van der Waals surface area (Å²) in [5.74, 6) is -11.4. The van der Waals surface area contributed by atoms with Gasteiger partial charge < -0.3 is 4.74 Å². The predicted molar refractivity (Wildman–Crippen MR) is 55.5 cm³/mol. The van der Waals surface area contributed by atoms with Crippen molar-refractivity contribution in [1.82, 2.24) is 0 Å². The quantitative estimate of drug-likeness (QED) is 0.279. The second kappa shape index (κ2) is 5.81. The Kier molecular flexibility index (Phi) is 4.63.